The van der Waals surface area contributed by atoms with Gasteiger partial charge >= 0.3 is 0 Å². The van der Waals surface area contributed by atoms with Crippen molar-refractivity contribution in [2.75, 3.05) is 4.90 Å². The smallest absolute Gasteiger partial charge is 0.143 e. The summed E-state index contributed by atoms with van der Waals surface area (Å²) in [6, 6.07) is 70.3. The van der Waals surface area contributed by atoms with Crippen molar-refractivity contribution in [3.8, 4) is 33.4 Å². The summed E-state index contributed by atoms with van der Waals surface area (Å²) in [7, 11) is 0. The van der Waals surface area contributed by atoms with Crippen molar-refractivity contribution in [2.24, 2.45) is 0 Å². The first kappa shape index (κ1) is 33.9. The van der Waals surface area contributed by atoms with Gasteiger partial charge in [0, 0.05) is 33.4 Å². The lowest BCUT2D eigenvalue weighted by atomic mass is 9.67. The van der Waals surface area contributed by atoms with Gasteiger partial charge in [-0.15, -0.1) is 0 Å². The third kappa shape index (κ3) is 5.41. The zero-order valence-corrected chi connectivity index (χ0v) is 31.9. The van der Waals surface area contributed by atoms with Crippen LogP contribution in [0, 0.1) is 0 Å². The van der Waals surface area contributed by atoms with Gasteiger partial charge in [0.25, 0.3) is 0 Å². The lowest BCUT2D eigenvalue weighted by molar-refractivity contribution is 0.670. The van der Waals surface area contributed by atoms with E-state index in [0.717, 1.165) is 56.5 Å². The van der Waals surface area contributed by atoms with Crippen molar-refractivity contribution >= 4 is 39.0 Å². The Hall–Kier alpha value is -7.42. The van der Waals surface area contributed by atoms with Gasteiger partial charge in [0.2, 0.25) is 0 Å². The van der Waals surface area contributed by atoms with Crippen molar-refractivity contribution in [2.45, 2.75) is 11.8 Å². The highest BCUT2D eigenvalue weighted by Gasteiger charge is 2.47. The molecule has 1 atom stereocenters. The minimum absolute atomic E-state index is 0.472. The van der Waals surface area contributed by atoms with E-state index in [2.05, 4.69) is 217 Å². The van der Waals surface area contributed by atoms with Crippen LogP contribution < -0.4 is 4.90 Å². The maximum absolute atomic E-state index is 6.36. The van der Waals surface area contributed by atoms with Crippen molar-refractivity contribution in [1.29, 1.82) is 0 Å². The van der Waals surface area contributed by atoms with E-state index in [4.69, 9.17) is 4.42 Å². The molecule has 2 aliphatic carbocycles. The molecule has 1 heterocycles. The Morgan fingerprint density at radius 3 is 1.90 bits per heavy atom. The average molecular weight is 742 g/mol. The summed E-state index contributed by atoms with van der Waals surface area (Å²) in [5, 5.41) is 2.29. The minimum atomic E-state index is -0.472. The zero-order chi connectivity index (χ0) is 38.5. The quantitative estimate of drug-likeness (QED) is 0.162. The molecule has 58 heavy (non-hydrogen) atoms. The molecule has 0 amide bonds. The number of furan rings is 1. The van der Waals surface area contributed by atoms with Crippen LogP contribution in [0.15, 0.2) is 234 Å². The molecule has 0 spiro atoms. The molecular weight excluding hydrogens is 703 g/mol. The normalized spacial score (nSPS) is 15.6. The number of nitrogens with zero attached hydrogens (tertiary/aromatic N) is 1. The first-order valence-electron chi connectivity index (χ1n) is 20.1. The van der Waals surface area contributed by atoms with Gasteiger partial charge in [-0.2, -0.15) is 0 Å². The second-order valence-electron chi connectivity index (χ2n) is 15.1. The number of allylic oxidation sites excluding steroid dienone is 6. The van der Waals surface area contributed by atoms with Crippen LogP contribution in [0.1, 0.15) is 23.1 Å². The fourth-order valence-electron chi connectivity index (χ4n) is 9.38. The van der Waals surface area contributed by atoms with Gasteiger partial charge in [0.15, 0.2) is 0 Å². The van der Waals surface area contributed by atoms with Crippen LogP contribution in [0.5, 0.6) is 0 Å². The molecule has 2 aliphatic rings. The molecule has 2 heteroatoms. The molecule has 9 aromatic rings. The van der Waals surface area contributed by atoms with Crippen LogP contribution >= 0.6 is 0 Å². The Kier molecular flexibility index (Phi) is 8.15. The number of benzene rings is 8. The Labute approximate surface area is 339 Å². The van der Waals surface area contributed by atoms with E-state index < -0.39 is 5.41 Å². The molecule has 0 saturated heterocycles. The van der Waals surface area contributed by atoms with Gasteiger partial charge < -0.3 is 9.32 Å². The molecule has 274 valence electrons. The van der Waals surface area contributed by atoms with Crippen LogP contribution in [0.25, 0.3) is 55.3 Å². The lowest BCUT2D eigenvalue weighted by Crippen LogP contribution is -2.29. The topological polar surface area (TPSA) is 16.4 Å². The van der Waals surface area contributed by atoms with Crippen LogP contribution in [0.2, 0.25) is 0 Å². The van der Waals surface area contributed by atoms with Gasteiger partial charge in [-0.05, 0) is 99.0 Å². The molecule has 8 aromatic carbocycles. The number of anilines is 3. The van der Waals surface area contributed by atoms with Gasteiger partial charge in [0.05, 0.1) is 5.41 Å². The number of hydrogen-bond acceptors (Lipinski definition) is 2. The number of hydrogen-bond donors (Lipinski definition) is 0. The summed E-state index contributed by atoms with van der Waals surface area (Å²) in [6.45, 7) is 0. The number of fused-ring (bicyclic) bond motifs is 6. The molecular formula is C56H39NO. The highest BCUT2D eigenvalue weighted by Crippen LogP contribution is 2.58. The molecule has 0 aliphatic heterocycles. The molecule has 0 bridgehead atoms. The van der Waals surface area contributed by atoms with E-state index >= 15 is 0 Å². The average Bonchev–Trinajstić information content (AvgIpc) is 3.67. The molecule has 0 N–H and O–H groups in total. The van der Waals surface area contributed by atoms with E-state index in [1.807, 2.05) is 12.1 Å². The van der Waals surface area contributed by atoms with Crippen molar-refractivity contribution in [3.05, 3.63) is 247 Å². The maximum Gasteiger partial charge on any atom is 0.143 e. The molecule has 1 aromatic heterocycles. The molecule has 2 nitrogen and oxygen atoms in total. The van der Waals surface area contributed by atoms with E-state index in [9.17, 15) is 0 Å². The third-order valence-electron chi connectivity index (χ3n) is 12.0. The molecule has 11 rings (SSSR count). The molecule has 0 saturated carbocycles. The SMILES string of the molecule is C1=CCC=C(C2(c3ccccc3)c3ccccc3-c3ccc(N(c4ccccc4)c4ccc(-c5ccc(-c6cccc7c6oc6ccccc67)cc5)cc4)cc32)C=C1. The Morgan fingerprint density at radius 1 is 0.448 bits per heavy atom. The monoisotopic (exact) mass is 741 g/mol. The first-order valence-corrected chi connectivity index (χ1v) is 20.1. The predicted octanol–water partition coefficient (Wildman–Crippen LogP) is 15.1. The second kappa shape index (κ2) is 14.0. The van der Waals surface area contributed by atoms with E-state index in [1.54, 1.807) is 0 Å². The predicted molar refractivity (Wildman–Crippen MR) is 242 cm³/mol. The molecule has 0 radical (unpaired) electrons. The van der Waals surface area contributed by atoms with Crippen molar-refractivity contribution in [1.82, 2.24) is 0 Å². The summed E-state index contributed by atoms with van der Waals surface area (Å²) in [6.07, 6.45) is 12.2. The summed E-state index contributed by atoms with van der Waals surface area (Å²) >= 11 is 0. The standard InChI is InChI=1S/C56H39NO/c1-2-6-17-42(16-5-1)56(43-18-7-3-8-19-43)52-26-13-11-22-48(52)49-37-36-46(38-53(49)56)57(44-20-9-4-10-21-44)45-34-32-40(33-35-45)39-28-30-41(31-29-39)47-24-15-25-51-50-23-12-14-27-54(50)58-55(47)51/h1-5,7-38H,6H2. The summed E-state index contributed by atoms with van der Waals surface area (Å²) in [4.78, 5) is 2.39. The minimum Gasteiger partial charge on any atom is -0.455 e. The Balaban J connectivity index is 1.00. The zero-order valence-electron chi connectivity index (χ0n) is 31.9. The number of rotatable bonds is 7. The molecule has 1 unspecified atom stereocenters. The van der Waals surface area contributed by atoms with Gasteiger partial charge in [0.1, 0.15) is 11.2 Å². The Bertz CT molecular complexity index is 3060. The van der Waals surface area contributed by atoms with Crippen molar-refractivity contribution in [3.63, 3.8) is 0 Å². The van der Waals surface area contributed by atoms with Crippen LogP contribution in [0.4, 0.5) is 17.1 Å². The maximum atomic E-state index is 6.36. The second-order valence-corrected chi connectivity index (χ2v) is 15.1. The van der Waals surface area contributed by atoms with Crippen LogP contribution in [0.3, 0.4) is 0 Å². The van der Waals surface area contributed by atoms with Gasteiger partial charge in [-0.25, -0.2) is 0 Å². The fourth-order valence-corrected chi connectivity index (χ4v) is 9.38. The van der Waals surface area contributed by atoms with E-state index in [0.29, 0.717) is 0 Å². The van der Waals surface area contributed by atoms with Crippen LogP contribution in [-0.2, 0) is 5.41 Å². The van der Waals surface area contributed by atoms with Crippen LogP contribution in [-0.4, -0.2) is 0 Å². The fraction of sp³-hybridized carbons (Fsp3) is 0.0357. The molecule has 0 fully saturated rings. The van der Waals surface area contributed by atoms with E-state index in [1.165, 1.54) is 44.5 Å². The highest BCUT2D eigenvalue weighted by atomic mass is 16.3. The largest absolute Gasteiger partial charge is 0.455 e. The van der Waals surface area contributed by atoms with Gasteiger partial charge in [-0.1, -0.05) is 182 Å². The first-order chi connectivity index (χ1) is 28.8. The summed E-state index contributed by atoms with van der Waals surface area (Å²) in [5.74, 6) is 0. The summed E-state index contributed by atoms with van der Waals surface area (Å²) in [5.41, 5.74) is 17.0. The van der Waals surface area contributed by atoms with Gasteiger partial charge in [-0.3, -0.25) is 0 Å². The highest BCUT2D eigenvalue weighted by molar-refractivity contribution is 6.09. The summed E-state index contributed by atoms with van der Waals surface area (Å²) < 4.78 is 6.36. The lowest BCUT2D eigenvalue weighted by Gasteiger charge is -2.35. The van der Waals surface area contributed by atoms with Crippen molar-refractivity contribution < 1.29 is 4.42 Å². The number of para-hydroxylation sites is 3. The Morgan fingerprint density at radius 2 is 1.07 bits per heavy atom. The third-order valence-corrected chi connectivity index (χ3v) is 12.0. The van der Waals surface area contributed by atoms with E-state index in [-0.39, 0.29) is 0 Å².